The second kappa shape index (κ2) is 20.7. The lowest BCUT2D eigenvalue weighted by molar-refractivity contribution is -0.137. The van der Waals surface area contributed by atoms with Crippen LogP contribution in [0.25, 0.3) is 0 Å². The molecule has 1 saturated heterocycles. The van der Waals surface area contributed by atoms with Crippen molar-refractivity contribution in [2.24, 2.45) is 39.4 Å². The van der Waals surface area contributed by atoms with Crippen molar-refractivity contribution in [1.29, 1.82) is 0 Å². The van der Waals surface area contributed by atoms with Crippen LogP contribution in [0, 0.1) is 39.4 Å². The Morgan fingerprint density at radius 2 is 1.49 bits per heavy atom. The van der Waals surface area contributed by atoms with Gasteiger partial charge in [-0.3, -0.25) is 4.90 Å². The average Bonchev–Trinajstić information content (AvgIpc) is 3.50. The monoisotopic (exact) mass is 936 g/mol. The van der Waals surface area contributed by atoms with Crippen molar-refractivity contribution >= 4 is 48.0 Å². The van der Waals surface area contributed by atoms with E-state index >= 15 is 0 Å². The Hall–Kier alpha value is -1.72. The predicted octanol–water partition coefficient (Wildman–Crippen LogP) is 13.6. The maximum atomic E-state index is 13.3. The van der Waals surface area contributed by atoms with Crippen molar-refractivity contribution < 1.29 is 23.4 Å². The van der Waals surface area contributed by atoms with Crippen LogP contribution in [0.15, 0.2) is 75.1 Å². The fourth-order valence-electron chi connectivity index (χ4n) is 13.5. The van der Waals surface area contributed by atoms with Gasteiger partial charge >= 0.3 is 6.18 Å². The largest absolute Gasteiger partial charge is 0.416 e. The molecule has 0 bridgehead atoms. The molecule has 11 heteroatoms. The number of piperazine rings is 1. The van der Waals surface area contributed by atoms with E-state index < -0.39 is 11.7 Å². The van der Waals surface area contributed by atoms with Crippen LogP contribution in [0.2, 0.25) is 0 Å². The quantitative estimate of drug-likeness (QED) is 0.232. The normalized spacial score (nSPS) is 30.5. The lowest BCUT2D eigenvalue weighted by atomic mass is 9.43. The van der Waals surface area contributed by atoms with Crippen molar-refractivity contribution in [2.75, 3.05) is 57.3 Å². The van der Waals surface area contributed by atoms with Gasteiger partial charge in [-0.1, -0.05) is 88.2 Å². The van der Waals surface area contributed by atoms with Gasteiger partial charge in [-0.15, -0.1) is 24.8 Å². The lowest BCUT2D eigenvalue weighted by Crippen LogP contribution is -2.55. The smallest absolute Gasteiger partial charge is 0.395 e. The second-order valence-electron chi connectivity index (χ2n) is 21.2. The molecule has 2 heterocycles. The zero-order chi connectivity index (χ0) is 44.0. The van der Waals surface area contributed by atoms with E-state index in [4.69, 9.17) is 5.11 Å². The third-order valence-corrected chi connectivity index (χ3v) is 18.5. The summed E-state index contributed by atoms with van der Waals surface area (Å²) in [6.45, 7) is 25.9. The first-order chi connectivity index (χ1) is 28.8. The molecule has 2 saturated carbocycles. The Kier molecular flexibility index (Phi) is 17.1. The summed E-state index contributed by atoms with van der Waals surface area (Å²) >= 11 is 1.53. The minimum atomic E-state index is -4.35. The van der Waals surface area contributed by atoms with Gasteiger partial charge < -0.3 is 20.0 Å². The number of alkyl halides is 3. The van der Waals surface area contributed by atoms with E-state index in [1.54, 1.807) is 6.07 Å². The third-order valence-electron chi connectivity index (χ3n) is 17.3. The molecule has 0 amide bonds. The van der Waals surface area contributed by atoms with E-state index in [-0.39, 0.29) is 42.9 Å². The summed E-state index contributed by atoms with van der Waals surface area (Å²) in [5.74, 6) is 2.32. The highest BCUT2D eigenvalue weighted by Crippen LogP contribution is 2.72. The molecule has 3 fully saturated rings. The number of β-amino-alcohol motifs (C(OH)–C–C–N with tert-alkyl or cyclic N) is 1. The van der Waals surface area contributed by atoms with Gasteiger partial charge in [-0.25, -0.2) is 0 Å². The molecular weight excluding hydrogens is 859 g/mol. The molecule has 2 aromatic rings. The van der Waals surface area contributed by atoms with Crippen molar-refractivity contribution in [3.8, 4) is 0 Å². The lowest BCUT2D eigenvalue weighted by Gasteiger charge is -2.62. The van der Waals surface area contributed by atoms with E-state index in [9.17, 15) is 18.3 Å². The summed E-state index contributed by atoms with van der Waals surface area (Å²) in [6.07, 6.45) is 11.7. The van der Waals surface area contributed by atoms with Crippen LogP contribution in [0.5, 0.6) is 0 Å². The van der Waals surface area contributed by atoms with Gasteiger partial charge in [-0.05, 0) is 161 Å². The maximum Gasteiger partial charge on any atom is 0.416 e. The van der Waals surface area contributed by atoms with E-state index in [2.05, 4.69) is 71.3 Å². The molecule has 63 heavy (non-hydrogen) atoms. The molecular formula is C52H78Cl2F3N3O2S. The number of para-hydroxylation sites is 1. The van der Waals surface area contributed by atoms with Crippen LogP contribution in [-0.4, -0.2) is 78.5 Å². The minimum absolute atomic E-state index is 0. The van der Waals surface area contributed by atoms with Crippen LogP contribution >= 0.6 is 36.6 Å². The minimum Gasteiger partial charge on any atom is -0.395 e. The number of hydrogen-bond acceptors (Lipinski definition) is 6. The Labute approximate surface area is 394 Å². The van der Waals surface area contributed by atoms with Gasteiger partial charge in [0, 0.05) is 49.1 Å². The number of rotatable bonds is 10. The number of halogens is 5. The molecule has 2 N–H and O–H groups in total. The van der Waals surface area contributed by atoms with E-state index in [0.717, 1.165) is 72.9 Å². The molecule has 0 radical (unpaired) electrons. The van der Waals surface area contributed by atoms with Gasteiger partial charge in [-0.2, -0.15) is 13.2 Å². The summed E-state index contributed by atoms with van der Waals surface area (Å²) in [5.41, 5.74) is 7.42. The predicted molar refractivity (Wildman–Crippen MR) is 261 cm³/mol. The Balaban J connectivity index is 0.000000230. The van der Waals surface area contributed by atoms with Gasteiger partial charge in [0.25, 0.3) is 0 Å². The first kappa shape index (κ1) is 52.3. The standard InChI is InChI=1S/C30H50O.C22H26F3N3OS.2ClH/c1-20(2)10-9-11-21(3)22-14-18-30(8)24-12-13-25-27(4,5)26(31)16-17-28(25,6)23(24)15-19-29(22,30)7;23-22(24,25)17-6-7-21-19(16-17)28(18-4-1-2-5-20(18)30-21)9-3-8-26-10-12-27(13-11-26)14-15-29;;/h10,21-22,25-26,31H,9,11-19H2,1-8H3;1-2,4-7,16,29H,3,8-15H2;2*1H. The SMILES string of the molecule is CC(C)=CCCC(C)C1CCC2(C)C3=C(CCC12C)C1(C)CCC(O)C(C)(C)C1CC3.Cl.Cl.OCCN1CCN(CCCN2c3ccccc3Sc3ccc(C(F)(F)F)cc32)CC1. The number of aliphatic hydroxyl groups is 2. The van der Waals surface area contributed by atoms with Crippen LogP contribution in [-0.2, 0) is 6.18 Å². The van der Waals surface area contributed by atoms with Crippen molar-refractivity contribution in [3.63, 3.8) is 0 Å². The highest BCUT2D eigenvalue weighted by Gasteiger charge is 2.63. The Morgan fingerprint density at radius 1 is 0.825 bits per heavy atom. The number of anilines is 2. The van der Waals surface area contributed by atoms with Crippen LogP contribution < -0.4 is 4.90 Å². The number of benzene rings is 2. The highest BCUT2D eigenvalue weighted by atomic mass is 35.5. The summed E-state index contributed by atoms with van der Waals surface area (Å²) in [5, 5.41) is 19.9. The molecule has 8 rings (SSSR count). The van der Waals surface area contributed by atoms with Gasteiger partial charge in [0.05, 0.1) is 29.6 Å². The molecule has 6 aliphatic rings. The first-order valence-electron chi connectivity index (χ1n) is 23.7. The topological polar surface area (TPSA) is 50.2 Å². The number of hydrogen-bond donors (Lipinski definition) is 2. The molecule has 7 unspecified atom stereocenters. The van der Waals surface area contributed by atoms with Crippen LogP contribution in [0.4, 0.5) is 24.5 Å². The summed E-state index contributed by atoms with van der Waals surface area (Å²) < 4.78 is 39.9. The fraction of sp³-hybridized carbons (Fsp3) is 0.692. The first-order valence-corrected chi connectivity index (χ1v) is 24.5. The Bertz CT molecular complexity index is 1930. The van der Waals surface area contributed by atoms with Gasteiger partial charge in [0.1, 0.15) is 0 Å². The van der Waals surface area contributed by atoms with Crippen molar-refractivity contribution in [1.82, 2.24) is 9.80 Å². The van der Waals surface area contributed by atoms with Crippen LogP contribution in [0.1, 0.15) is 132 Å². The van der Waals surface area contributed by atoms with E-state index in [0.29, 0.717) is 40.9 Å². The zero-order valence-corrected chi connectivity index (χ0v) is 41.9. The molecule has 4 aliphatic carbocycles. The average molecular weight is 937 g/mol. The summed E-state index contributed by atoms with van der Waals surface area (Å²) in [4.78, 5) is 8.62. The number of fused-ring (bicyclic) bond motifs is 6. The molecule has 2 aromatic carbocycles. The van der Waals surface area contributed by atoms with Crippen molar-refractivity contribution in [2.45, 2.75) is 148 Å². The molecule has 0 spiro atoms. The second-order valence-corrected chi connectivity index (χ2v) is 22.3. The number of nitrogens with zero attached hydrogens (tertiary/aromatic N) is 3. The van der Waals surface area contributed by atoms with Crippen LogP contribution in [0.3, 0.4) is 0 Å². The molecule has 7 atom stereocenters. The summed E-state index contributed by atoms with van der Waals surface area (Å²) in [7, 11) is 0. The third kappa shape index (κ3) is 10.3. The maximum absolute atomic E-state index is 13.3. The number of allylic oxidation sites excluding steroid dienone is 4. The molecule has 2 aliphatic heterocycles. The zero-order valence-electron chi connectivity index (χ0n) is 39.5. The number of aliphatic hydroxyl groups excluding tert-OH is 2. The summed E-state index contributed by atoms with van der Waals surface area (Å²) in [6, 6.07) is 11.9. The fourth-order valence-corrected chi connectivity index (χ4v) is 14.6. The Morgan fingerprint density at radius 3 is 2.16 bits per heavy atom. The van der Waals surface area contributed by atoms with E-state index in [1.165, 1.54) is 87.3 Å². The molecule has 354 valence electrons. The highest BCUT2D eigenvalue weighted by molar-refractivity contribution is 7.99. The van der Waals surface area contributed by atoms with Crippen molar-refractivity contribution in [3.05, 3.63) is 70.8 Å². The van der Waals surface area contributed by atoms with E-state index in [1.807, 2.05) is 40.3 Å². The molecule has 0 aromatic heterocycles. The van der Waals surface area contributed by atoms with Gasteiger partial charge in [0.15, 0.2) is 0 Å². The molecule has 5 nitrogen and oxygen atoms in total. The van der Waals surface area contributed by atoms with Gasteiger partial charge in [0.2, 0.25) is 0 Å².